The number of hydrogen-bond donors (Lipinski definition) is 3. The molecule has 5 heteroatoms. The lowest BCUT2D eigenvalue weighted by Gasteiger charge is -2.29. The average molecular weight is 425 g/mol. The molecular formula is C25H29ClN2O2. The molecule has 0 spiro atoms. The molecule has 0 saturated heterocycles. The molecule has 1 aliphatic carbocycles. The second kappa shape index (κ2) is 9.57. The second-order valence-electron chi connectivity index (χ2n) is 8.44. The number of fused-ring (bicyclic) bond motifs is 1. The third kappa shape index (κ3) is 4.99. The first-order valence-electron chi connectivity index (χ1n) is 10.9. The number of aromatic amines is 1. The molecular weight excluding hydrogens is 396 g/mol. The van der Waals surface area contributed by atoms with Gasteiger partial charge in [-0.25, -0.2) is 0 Å². The first-order valence-corrected chi connectivity index (χ1v) is 11.3. The number of aryl methyl sites for hydroxylation is 1. The number of halogens is 1. The summed E-state index contributed by atoms with van der Waals surface area (Å²) >= 11 is 6.83. The van der Waals surface area contributed by atoms with Gasteiger partial charge in [0.05, 0.1) is 16.6 Å². The number of rotatable bonds is 8. The molecule has 1 unspecified atom stereocenters. The maximum absolute atomic E-state index is 10.8. The number of hydrogen-bond acceptors (Lipinski definition) is 2. The van der Waals surface area contributed by atoms with Crippen LogP contribution in [-0.4, -0.2) is 16.1 Å². The molecule has 1 saturated carbocycles. The summed E-state index contributed by atoms with van der Waals surface area (Å²) in [6.45, 7) is 0. The fourth-order valence-corrected chi connectivity index (χ4v) is 4.97. The molecule has 158 valence electrons. The van der Waals surface area contributed by atoms with E-state index < -0.39 is 5.97 Å². The molecule has 0 aliphatic heterocycles. The smallest absolute Gasteiger partial charge is 0.303 e. The van der Waals surface area contributed by atoms with Crippen molar-refractivity contribution < 1.29 is 9.90 Å². The number of aliphatic carboxylic acids is 1. The summed E-state index contributed by atoms with van der Waals surface area (Å²) in [5.74, 6) is -0.0550. The SMILES string of the molecule is O=C(O)CCc1ccc(NC(CC2CCCCC2)c2ccc3cc[nH]c3c2Cl)cc1. The van der Waals surface area contributed by atoms with Crippen LogP contribution < -0.4 is 5.32 Å². The Hall–Kier alpha value is -2.46. The molecule has 0 radical (unpaired) electrons. The van der Waals surface area contributed by atoms with Gasteiger partial charge in [-0.2, -0.15) is 0 Å². The highest BCUT2D eigenvalue weighted by Gasteiger charge is 2.23. The minimum atomic E-state index is -0.765. The van der Waals surface area contributed by atoms with Crippen LogP contribution in [0.4, 0.5) is 5.69 Å². The Kier molecular flexibility index (Phi) is 6.63. The number of benzene rings is 2. The number of carboxylic acid groups (broad SMARTS) is 1. The lowest BCUT2D eigenvalue weighted by molar-refractivity contribution is -0.136. The molecule has 1 fully saturated rings. The van der Waals surface area contributed by atoms with E-state index in [1.165, 1.54) is 32.1 Å². The van der Waals surface area contributed by atoms with Crippen LogP contribution in [0, 0.1) is 5.92 Å². The lowest BCUT2D eigenvalue weighted by Crippen LogP contribution is -2.18. The summed E-state index contributed by atoms with van der Waals surface area (Å²) in [4.78, 5) is 14.1. The van der Waals surface area contributed by atoms with E-state index in [1.807, 2.05) is 36.5 Å². The van der Waals surface area contributed by atoms with E-state index in [0.717, 1.165) is 39.2 Å². The van der Waals surface area contributed by atoms with E-state index >= 15 is 0 Å². The maximum Gasteiger partial charge on any atom is 0.303 e. The van der Waals surface area contributed by atoms with Gasteiger partial charge in [-0.15, -0.1) is 0 Å². The number of anilines is 1. The van der Waals surface area contributed by atoms with Crippen LogP contribution in [0.25, 0.3) is 10.9 Å². The fourth-order valence-electron chi connectivity index (χ4n) is 4.62. The van der Waals surface area contributed by atoms with Crippen LogP contribution in [0.3, 0.4) is 0 Å². The summed E-state index contributed by atoms with van der Waals surface area (Å²) in [6, 6.07) is 14.6. The Morgan fingerprint density at radius 3 is 2.60 bits per heavy atom. The van der Waals surface area contributed by atoms with Gasteiger partial charge in [-0.3, -0.25) is 4.79 Å². The molecule has 2 aromatic carbocycles. The highest BCUT2D eigenvalue weighted by atomic mass is 35.5. The van der Waals surface area contributed by atoms with Crippen molar-refractivity contribution in [2.24, 2.45) is 5.92 Å². The first kappa shape index (κ1) is 20.8. The van der Waals surface area contributed by atoms with Gasteiger partial charge in [0, 0.05) is 23.7 Å². The van der Waals surface area contributed by atoms with Crippen LogP contribution in [0.2, 0.25) is 5.02 Å². The zero-order chi connectivity index (χ0) is 20.9. The fraction of sp³-hybridized carbons (Fsp3) is 0.400. The molecule has 1 atom stereocenters. The average Bonchev–Trinajstić information content (AvgIpc) is 3.24. The quantitative estimate of drug-likeness (QED) is 0.366. The zero-order valence-corrected chi connectivity index (χ0v) is 17.9. The van der Waals surface area contributed by atoms with Gasteiger partial charge in [-0.05, 0) is 48.1 Å². The van der Waals surface area contributed by atoms with Crippen molar-refractivity contribution in [3.63, 3.8) is 0 Å². The van der Waals surface area contributed by atoms with Gasteiger partial charge in [0.1, 0.15) is 0 Å². The molecule has 30 heavy (non-hydrogen) atoms. The summed E-state index contributed by atoms with van der Waals surface area (Å²) in [7, 11) is 0. The summed E-state index contributed by atoms with van der Waals surface area (Å²) in [5.41, 5.74) is 4.20. The highest BCUT2D eigenvalue weighted by molar-refractivity contribution is 6.36. The Morgan fingerprint density at radius 1 is 1.10 bits per heavy atom. The molecule has 0 bridgehead atoms. The minimum Gasteiger partial charge on any atom is -0.481 e. The van der Waals surface area contributed by atoms with E-state index in [-0.39, 0.29) is 12.5 Å². The topological polar surface area (TPSA) is 65.1 Å². The minimum absolute atomic E-state index is 0.137. The monoisotopic (exact) mass is 424 g/mol. The van der Waals surface area contributed by atoms with Crippen molar-refractivity contribution in [1.82, 2.24) is 4.98 Å². The van der Waals surface area contributed by atoms with Crippen LogP contribution >= 0.6 is 11.6 Å². The molecule has 4 rings (SSSR count). The highest BCUT2D eigenvalue weighted by Crippen LogP contribution is 2.38. The third-order valence-corrected chi connectivity index (χ3v) is 6.69. The lowest BCUT2D eigenvalue weighted by atomic mass is 9.83. The summed E-state index contributed by atoms with van der Waals surface area (Å²) in [5, 5.41) is 14.5. The number of nitrogens with one attached hydrogen (secondary N) is 2. The number of carbonyl (C=O) groups is 1. The van der Waals surface area contributed by atoms with Crippen LogP contribution in [-0.2, 0) is 11.2 Å². The Bertz CT molecular complexity index is 990. The molecule has 1 aromatic heterocycles. The van der Waals surface area contributed by atoms with E-state index in [2.05, 4.69) is 22.4 Å². The Morgan fingerprint density at radius 2 is 1.87 bits per heavy atom. The second-order valence-corrected chi connectivity index (χ2v) is 8.82. The van der Waals surface area contributed by atoms with Crippen molar-refractivity contribution in [2.45, 2.75) is 57.4 Å². The van der Waals surface area contributed by atoms with E-state index in [4.69, 9.17) is 16.7 Å². The molecule has 3 N–H and O–H groups in total. The van der Waals surface area contributed by atoms with Crippen LogP contribution in [0.15, 0.2) is 48.7 Å². The van der Waals surface area contributed by atoms with Gasteiger partial charge in [-0.1, -0.05) is 68.0 Å². The van der Waals surface area contributed by atoms with Crippen LogP contribution in [0.1, 0.15) is 62.1 Å². The first-order chi connectivity index (χ1) is 14.6. The standard InChI is InChI=1S/C25H29ClN2O2/c26-24-21(12-9-19-14-15-27-25(19)24)22(16-18-4-2-1-3-5-18)28-20-10-6-17(7-11-20)8-13-23(29)30/h6-7,9-12,14-15,18,22,27-28H,1-5,8,13,16H2,(H,29,30). The Labute approximate surface area is 182 Å². The largest absolute Gasteiger partial charge is 0.481 e. The Balaban J connectivity index is 1.56. The van der Waals surface area contributed by atoms with Gasteiger partial charge in [0.2, 0.25) is 0 Å². The molecule has 1 heterocycles. The van der Waals surface area contributed by atoms with Crippen molar-refractivity contribution >= 4 is 34.2 Å². The predicted molar refractivity (Wildman–Crippen MR) is 123 cm³/mol. The van der Waals surface area contributed by atoms with Crippen molar-refractivity contribution in [3.8, 4) is 0 Å². The normalized spacial score (nSPS) is 15.9. The zero-order valence-electron chi connectivity index (χ0n) is 17.2. The van der Waals surface area contributed by atoms with Gasteiger partial charge in [0.15, 0.2) is 0 Å². The van der Waals surface area contributed by atoms with Gasteiger partial charge < -0.3 is 15.4 Å². The van der Waals surface area contributed by atoms with E-state index in [1.54, 1.807) is 0 Å². The summed E-state index contributed by atoms with van der Waals surface area (Å²) < 4.78 is 0. The van der Waals surface area contributed by atoms with E-state index in [9.17, 15) is 4.79 Å². The third-order valence-electron chi connectivity index (χ3n) is 6.29. The molecule has 4 nitrogen and oxygen atoms in total. The maximum atomic E-state index is 10.8. The van der Waals surface area contributed by atoms with Crippen molar-refractivity contribution in [2.75, 3.05) is 5.32 Å². The van der Waals surface area contributed by atoms with Crippen molar-refractivity contribution in [3.05, 3.63) is 64.8 Å². The molecule has 0 amide bonds. The van der Waals surface area contributed by atoms with Gasteiger partial charge >= 0.3 is 5.97 Å². The molecule has 1 aliphatic rings. The summed E-state index contributed by atoms with van der Waals surface area (Å²) in [6.07, 6.45) is 10.3. The van der Waals surface area contributed by atoms with Crippen LogP contribution in [0.5, 0.6) is 0 Å². The predicted octanol–water partition coefficient (Wildman–Crippen LogP) is 6.96. The number of aromatic nitrogens is 1. The number of carboxylic acids is 1. The number of H-pyrrole nitrogens is 1. The van der Waals surface area contributed by atoms with E-state index in [0.29, 0.717) is 12.3 Å². The van der Waals surface area contributed by atoms with Gasteiger partial charge in [0.25, 0.3) is 0 Å². The molecule has 3 aromatic rings. The van der Waals surface area contributed by atoms with Crippen molar-refractivity contribution in [1.29, 1.82) is 0 Å².